The van der Waals surface area contributed by atoms with Gasteiger partial charge >= 0.3 is 0 Å². The molecule has 2 atom stereocenters. The second kappa shape index (κ2) is 7.87. The molecule has 2 saturated heterocycles. The SMILES string of the molecule is CN1CCC2(CCC(c3ccc(OCc4ccccc4F)cc3)N2)C1=O.Cl. The highest BCUT2D eigenvalue weighted by atomic mass is 35.5. The first-order chi connectivity index (χ1) is 12.6. The van der Waals surface area contributed by atoms with Crippen LogP contribution in [0.3, 0.4) is 0 Å². The number of halogens is 2. The Labute approximate surface area is 165 Å². The summed E-state index contributed by atoms with van der Waals surface area (Å²) < 4.78 is 19.3. The maximum absolute atomic E-state index is 13.6. The molecule has 1 amide bonds. The molecule has 0 bridgehead atoms. The summed E-state index contributed by atoms with van der Waals surface area (Å²) in [4.78, 5) is 14.2. The lowest BCUT2D eigenvalue weighted by Gasteiger charge is -2.23. The van der Waals surface area contributed by atoms with Crippen molar-refractivity contribution in [3.05, 3.63) is 65.5 Å². The van der Waals surface area contributed by atoms with Crippen LogP contribution >= 0.6 is 12.4 Å². The van der Waals surface area contributed by atoms with Crippen LogP contribution in [0.2, 0.25) is 0 Å². The van der Waals surface area contributed by atoms with Crippen molar-refractivity contribution < 1.29 is 13.9 Å². The second-order valence-corrected chi connectivity index (χ2v) is 7.24. The Morgan fingerprint density at radius 1 is 1.19 bits per heavy atom. The molecule has 4 rings (SSSR count). The summed E-state index contributed by atoms with van der Waals surface area (Å²) >= 11 is 0. The lowest BCUT2D eigenvalue weighted by Crippen LogP contribution is -2.47. The summed E-state index contributed by atoms with van der Waals surface area (Å²) in [6.07, 6.45) is 2.71. The third-order valence-corrected chi connectivity index (χ3v) is 5.58. The molecule has 2 heterocycles. The third-order valence-electron chi connectivity index (χ3n) is 5.58. The van der Waals surface area contributed by atoms with Gasteiger partial charge in [-0.3, -0.25) is 10.1 Å². The smallest absolute Gasteiger partial charge is 0.242 e. The first-order valence-electron chi connectivity index (χ1n) is 9.07. The number of ether oxygens (including phenoxy) is 1. The Hall–Kier alpha value is -2.11. The Morgan fingerprint density at radius 3 is 2.59 bits per heavy atom. The summed E-state index contributed by atoms with van der Waals surface area (Å²) in [6.45, 7) is 1.03. The molecule has 6 heteroatoms. The molecule has 0 aliphatic carbocycles. The van der Waals surface area contributed by atoms with Crippen molar-refractivity contribution in [2.75, 3.05) is 13.6 Å². The van der Waals surface area contributed by atoms with E-state index in [2.05, 4.69) is 5.32 Å². The molecule has 2 unspecified atom stereocenters. The number of likely N-dealkylation sites (N-methyl/N-ethyl adjacent to an activating group) is 1. The lowest BCUT2D eigenvalue weighted by atomic mass is 9.96. The van der Waals surface area contributed by atoms with Crippen LogP contribution < -0.4 is 10.1 Å². The van der Waals surface area contributed by atoms with Crippen molar-refractivity contribution in [3.8, 4) is 5.75 Å². The fraction of sp³-hybridized carbons (Fsp3) is 0.381. The topological polar surface area (TPSA) is 41.6 Å². The molecule has 1 spiro atoms. The minimum atomic E-state index is -0.376. The van der Waals surface area contributed by atoms with Gasteiger partial charge in [0.1, 0.15) is 23.7 Å². The molecule has 144 valence electrons. The molecule has 0 aromatic heterocycles. The van der Waals surface area contributed by atoms with Gasteiger partial charge in [0.05, 0.1) is 0 Å². The van der Waals surface area contributed by atoms with E-state index in [1.165, 1.54) is 6.07 Å². The molecular weight excluding hydrogens is 367 g/mol. The van der Waals surface area contributed by atoms with Crippen molar-refractivity contribution >= 4 is 18.3 Å². The highest BCUT2D eigenvalue weighted by molar-refractivity contribution is 5.88. The highest BCUT2D eigenvalue weighted by Gasteiger charge is 2.49. The van der Waals surface area contributed by atoms with Crippen LogP contribution in [0.4, 0.5) is 4.39 Å². The van der Waals surface area contributed by atoms with Crippen LogP contribution in [-0.2, 0) is 11.4 Å². The summed E-state index contributed by atoms with van der Waals surface area (Å²) in [5, 5.41) is 3.57. The molecule has 2 aromatic carbocycles. The maximum atomic E-state index is 13.6. The van der Waals surface area contributed by atoms with E-state index in [0.29, 0.717) is 11.3 Å². The Bertz CT molecular complexity index is 814. The fourth-order valence-electron chi connectivity index (χ4n) is 3.99. The van der Waals surface area contributed by atoms with E-state index in [1.54, 1.807) is 18.2 Å². The van der Waals surface area contributed by atoms with Gasteiger partial charge < -0.3 is 9.64 Å². The quantitative estimate of drug-likeness (QED) is 0.862. The van der Waals surface area contributed by atoms with Gasteiger partial charge in [0.15, 0.2) is 0 Å². The minimum Gasteiger partial charge on any atom is -0.489 e. The number of amides is 1. The Kier molecular flexibility index (Phi) is 5.72. The molecule has 0 saturated carbocycles. The molecule has 1 N–H and O–H groups in total. The van der Waals surface area contributed by atoms with Gasteiger partial charge in [0.2, 0.25) is 5.91 Å². The Morgan fingerprint density at radius 2 is 1.93 bits per heavy atom. The number of benzene rings is 2. The van der Waals surface area contributed by atoms with Crippen LogP contribution in [0.5, 0.6) is 5.75 Å². The molecule has 2 aliphatic heterocycles. The first kappa shape index (κ1) is 19.6. The third kappa shape index (κ3) is 3.80. The zero-order valence-corrected chi connectivity index (χ0v) is 16.1. The molecule has 4 nitrogen and oxygen atoms in total. The van der Waals surface area contributed by atoms with E-state index < -0.39 is 0 Å². The lowest BCUT2D eigenvalue weighted by molar-refractivity contribution is -0.131. The summed E-state index contributed by atoms with van der Waals surface area (Å²) in [6, 6.07) is 14.7. The van der Waals surface area contributed by atoms with Gasteiger partial charge in [-0.1, -0.05) is 30.3 Å². The first-order valence-corrected chi connectivity index (χ1v) is 9.07. The highest BCUT2D eigenvalue weighted by Crippen LogP contribution is 2.39. The van der Waals surface area contributed by atoms with Gasteiger partial charge in [-0.2, -0.15) is 0 Å². The van der Waals surface area contributed by atoms with Crippen LogP contribution in [-0.4, -0.2) is 29.9 Å². The largest absolute Gasteiger partial charge is 0.489 e. The second-order valence-electron chi connectivity index (χ2n) is 7.24. The van der Waals surface area contributed by atoms with Crippen LogP contribution in [0, 0.1) is 5.82 Å². The molecule has 2 fully saturated rings. The average molecular weight is 391 g/mol. The van der Waals surface area contributed by atoms with Gasteiger partial charge in [-0.25, -0.2) is 4.39 Å². The van der Waals surface area contributed by atoms with E-state index >= 15 is 0 Å². The van der Waals surface area contributed by atoms with Crippen LogP contribution in [0.25, 0.3) is 0 Å². The predicted molar refractivity (Wildman–Crippen MR) is 105 cm³/mol. The van der Waals surface area contributed by atoms with Crippen molar-refractivity contribution in [3.63, 3.8) is 0 Å². The summed E-state index contributed by atoms with van der Waals surface area (Å²) in [5.41, 5.74) is 1.32. The van der Waals surface area contributed by atoms with Gasteiger partial charge in [-0.05, 0) is 43.0 Å². The fourth-order valence-corrected chi connectivity index (χ4v) is 3.99. The number of nitrogens with zero attached hydrogens (tertiary/aromatic N) is 1. The van der Waals surface area contributed by atoms with E-state index in [-0.39, 0.29) is 42.3 Å². The van der Waals surface area contributed by atoms with Crippen molar-refractivity contribution in [2.45, 2.75) is 37.5 Å². The maximum Gasteiger partial charge on any atom is 0.242 e. The number of hydrogen-bond acceptors (Lipinski definition) is 3. The van der Waals surface area contributed by atoms with E-state index in [0.717, 1.165) is 31.4 Å². The zero-order valence-electron chi connectivity index (χ0n) is 15.3. The molecule has 2 aromatic rings. The van der Waals surface area contributed by atoms with Crippen LogP contribution in [0.1, 0.15) is 36.4 Å². The number of carbonyl (C=O) groups excluding carboxylic acids is 1. The van der Waals surface area contributed by atoms with E-state index in [1.807, 2.05) is 36.2 Å². The van der Waals surface area contributed by atoms with Gasteiger partial charge in [0.25, 0.3) is 0 Å². The van der Waals surface area contributed by atoms with Gasteiger partial charge in [-0.15, -0.1) is 12.4 Å². The standard InChI is InChI=1S/C21H23FN2O2.ClH/c1-24-13-12-21(20(24)25)11-10-19(23-21)15-6-8-17(9-7-15)26-14-16-4-2-3-5-18(16)22;/h2-9,19,23H,10-14H2,1H3;1H. The molecular formula is C21H24ClFN2O2. The molecule has 2 aliphatic rings. The van der Waals surface area contributed by atoms with Crippen LogP contribution in [0.15, 0.2) is 48.5 Å². The number of likely N-dealkylation sites (tertiary alicyclic amines) is 1. The zero-order chi connectivity index (χ0) is 18.1. The monoisotopic (exact) mass is 390 g/mol. The van der Waals surface area contributed by atoms with E-state index in [9.17, 15) is 9.18 Å². The number of nitrogens with one attached hydrogen (secondary N) is 1. The molecule has 0 radical (unpaired) electrons. The summed E-state index contributed by atoms with van der Waals surface area (Å²) in [7, 11) is 1.87. The van der Waals surface area contributed by atoms with Crippen molar-refractivity contribution in [1.82, 2.24) is 10.2 Å². The predicted octanol–water partition coefficient (Wildman–Crippen LogP) is 3.85. The minimum absolute atomic E-state index is 0. The Balaban J connectivity index is 0.00000210. The number of rotatable bonds is 4. The molecule has 27 heavy (non-hydrogen) atoms. The summed E-state index contributed by atoms with van der Waals surface area (Å²) in [5.74, 6) is 0.669. The normalized spacial score (nSPS) is 24.3. The van der Waals surface area contributed by atoms with Crippen molar-refractivity contribution in [2.24, 2.45) is 0 Å². The number of carbonyl (C=O) groups is 1. The van der Waals surface area contributed by atoms with E-state index in [4.69, 9.17) is 4.74 Å². The van der Waals surface area contributed by atoms with Gasteiger partial charge in [0, 0.05) is 25.2 Å². The average Bonchev–Trinajstić information content (AvgIpc) is 3.22. The number of hydrogen-bond donors (Lipinski definition) is 1. The van der Waals surface area contributed by atoms with Crippen molar-refractivity contribution in [1.29, 1.82) is 0 Å².